The quantitative estimate of drug-likeness (QED) is 0.280. The SMILES string of the molecule is COc1cc(OC)c(NC(=O)C2(c3nc4ccccc4[nH]3)CC(=O)N2c2cc(Cl)c(OC)cc2OC)cc1Cl. The van der Waals surface area contributed by atoms with Crippen molar-refractivity contribution in [1.82, 2.24) is 9.97 Å². The molecule has 0 aliphatic carbocycles. The fourth-order valence-corrected chi connectivity index (χ4v) is 5.14. The summed E-state index contributed by atoms with van der Waals surface area (Å²) in [6.07, 6.45) is -0.183. The summed E-state index contributed by atoms with van der Waals surface area (Å²) in [6.45, 7) is 0. The van der Waals surface area contributed by atoms with Crippen LogP contribution < -0.4 is 29.2 Å². The Morgan fingerprint density at radius 2 is 1.54 bits per heavy atom. The predicted molar refractivity (Wildman–Crippen MR) is 148 cm³/mol. The second-order valence-electron chi connectivity index (χ2n) is 8.67. The molecule has 2 N–H and O–H groups in total. The molecule has 5 rings (SSSR count). The van der Waals surface area contributed by atoms with E-state index in [-0.39, 0.29) is 45.3 Å². The van der Waals surface area contributed by atoms with Crippen LogP contribution in [0.1, 0.15) is 12.2 Å². The lowest BCUT2D eigenvalue weighted by Crippen LogP contribution is -2.67. The van der Waals surface area contributed by atoms with Crippen molar-refractivity contribution in [3.8, 4) is 23.0 Å². The van der Waals surface area contributed by atoms with Crippen molar-refractivity contribution < 1.29 is 28.5 Å². The molecule has 1 fully saturated rings. The lowest BCUT2D eigenvalue weighted by atomic mass is 9.80. The van der Waals surface area contributed by atoms with Gasteiger partial charge in [0.1, 0.15) is 28.8 Å². The maximum Gasteiger partial charge on any atom is 0.259 e. The topological polar surface area (TPSA) is 115 Å². The van der Waals surface area contributed by atoms with Gasteiger partial charge in [-0.25, -0.2) is 4.98 Å². The molecular formula is C27H24Cl2N4O6. The summed E-state index contributed by atoms with van der Waals surface area (Å²) in [6, 6.07) is 13.5. The highest BCUT2D eigenvalue weighted by atomic mass is 35.5. The van der Waals surface area contributed by atoms with Gasteiger partial charge in [0.2, 0.25) is 5.91 Å². The van der Waals surface area contributed by atoms with E-state index in [9.17, 15) is 9.59 Å². The summed E-state index contributed by atoms with van der Waals surface area (Å²) in [7, 11) is 5.84. The number of nitrogens with one attached hydrogen (secondary N) is 2. The largest absolute Gasteiger partial charge is 0.495 e. The number of hydrogen-bond acceptors (Lipinski definition) is 7. The summed E-state index contributed by atoms with van der Waals surface area (Å²) in [5.74, 6) is 0.667. The highest BCUT2D eigenvalue weighted by molar-refractivity contribution is 6.33. The molecule has 1 unspecified atom stereocenters. The van der Waals surface area contributed by atoms with Crippen molar-refractivity contribution in [3.05, 3.63) is 64.4 Å². The minimum atomic E-state index is -1.60. The highest BCUT2D eigenvalue weighted by Gasteiger charge is 2.61. The Hall–Kier alpha value is -4.15. The lowest BCUT2D eigenvalue weighted by Gasteiger charge is -2.49. The summed E-state index contributed by atoms with van der Waals surface area (Å²) in [4.78, 5) is 36.8. The third-order valence-corrected chi connectivity index (χ3v) is 7.20. The van der Waals surface area contributed by atoms with Gasteiger partial charge in [-0.05, 0) is 24.3 Å². The van der Waals surface area contributed by atoms with Gasteiger partial charge in [0.05, 0.1) is 67.3 Å². The molecule has 0 radical (unpaired) electrons. The third-order valence-electron chi connectivity index (χ3n) is 6.61. The van der Waals surface area contributed by atoms with Crippen molar-refractivity contribution >= 4 is 57.4 Å². The van der Waals surface area contributed by atoms with Gasteiger partial charge >= 0.3 is 0 Å². The zero-order valence-corrected chi connectivity index (χ0v) is 22.9. The smallest absolute Gasteiger partial charge is 0.259 e. The van der Waals surface area contributed by atoms with Gasteiger partial charge in [-0.2, -0.15) is 0 Å². The van der Waals surface area contributed by atoms with Crippen molar-refractivity contribution in [3.63, 3.8) is 0 Å². The van der Waals surface area contributed by atoms with E-state index in [0.29, 0.717) is 28.3 Å². The van der Waals surface area contributed by atoms with E-state index in [2.05, 4.69) is 10.3 Å². The number of para-hydroxylation sites is 2. The molecule has 0 saturated carbocycles. The number of halogens is 2. The number of hydrogen-bond donors (Lipinski definition) is 2. The van der Waals surface area contributed by atoms with Crippen molar-refractivity contribution in [2.45, 2.75) is 12.0 Å². The molecule has 2 heterocycles. The minimum Gasteiger partial charge on any atom is -0.495 e. The Morgan fingerprint density at radius 1 is 0.923 bits per heavy atom. The minimum absolute atomic E-state index is 0.183. The van der Waals surface area contributed by atoms with Crippen LogP contribution in [0, 0.1) is 0 Å². The molecule has 2 amide bonds. The van der Waals surface area contributed by atoms with E-state index in [1.807, 2.05) is 24.3 Å². The van der Waals surface area contributed by atoms with Crippen molar-refractivity contribution in [2.24, 2.45) is 0 Å². The molecule has 202 valence electrons. The van der Waals surface area contributed by atoms with Crippen molar-refractivity contribution in [2.75, 3.05) is 38.7 Å². The Kier molecular flexibility index (Phi) is 6.92. The summed E-state index contributed by atoms with van der Waals surface area (Å²) >= 11 is 12.8. The second-order valence-corrected chi connectivity index (χ2v) is 9.48. The van der Waals surface area contributed by atoms with Crippen LogP contribution in [0.3, 0.4) is 0 Å². The van der Waals surface area contributed by atoms with Crippen LogP contribution in [0.5, 0.6) is 23.0 Å². The van der Waals surface area contributed by atoms with Crippen molar-refractivity contribution in [1.29, 1.82) is 0 Å². The van der Waals surface area contributed by atoms with Gasteiger partial charge in [-0.15, -0.1) is 0 Å². The molecular weight excluding hydrogens is 547 g/mol. The number of carbonyl (C=O) groups is 2. The number of carbonyl (C=O) groups excluding carboxylic acids is 2. The molecule has 3 aromatic carbocycles. The fraction of sp³-hybridized carbons (Fsp3) is 0.222. The Balaban J connectivity index is 1.69. The zero-order valence-electron chi connectivity index (χ0n) is 21.4. The summed E-state index contributed by atoms with van der Waals surface area (Å²) in [5, 5.41) is 3.37. The number of amides is 2. The molecule has 1 atom stereocenters. The maximum absolute atomic E-state index is 14.3. The third kappa shape index (κ3) is 4.25. The summed E-state index contributed by atoms with van der Waals surface area (Å²) in [5.41, 5.74) is 0.281. The molecule has 1 aromatic heterocycles. The predicted octanol–water partition coefficient (Wildman–Crippen LogP) is 5.18. The van der Waals surface area contributed by atoms with Gasteiger partial charge in [-0.3, -0.25) is 14.5 Å². The summed E-state index contributed by atoms with van der Waals surface area (Å²) < 4.78 is 21.6. The molecule has 1 aliphatic rings. The number of methoxy groups -OCH3 is 4. The van der Waals surface area contributed by atoms with E-state index in [0.717, 1.165) is 0 Å². The van der Waals surface area contributed by atoms with E-state index in [1.54, 1.807) is 12.1 Å². The monoisotopic (exact) mass is 570 g/mol. The van der Waals surface area contributed by atoms with E-state index in [1.165, 1.54) is 45.5 Å². The average Bonchev–Trinajstić information content (AvgIpc) is 3.36. The molecule has 12 heteroatoms. The van der Waals surface area contributed by atoms with Crippen LogP contribution in [0.2, 0.25) is 10.0 Å². The van der Waals surface area contributed by atoms with Gasteiger partial charge in [0.15, 0.2) is 5.54 Å². The zero-order chi connectivity index (χ0) is 27.9. The second kappa shape index (κ2) is 10.2. The number of anilines is 2. The number of benzene rings is 3. The number of nitrogens with zero attached hydrogens (tertiary/aromatic N) is 2. The van der Waals surface area contributed by atoms with Crippen LogP contribution in [0.4, 0.5) is 11.4 Å². The first-order chi connectivity index (χ1) is 18.8. The number of imidazole rings is 1. The van der Waals surface area contributed by atoms with E-state index >= 15 is 0 Å². The van der Waals surface area contributed by atoms with Crippen LogP contribution in [0.25, 0.3) is 11.0 Å². The molecule has 0 bridgehead atoms. The Morgan fingerprint density at radius 3 is 2.15 bits per heavy atom. The molecule has 0 spiro atoms. The van der Waals surface area contributed by atoms with E-state index < -0.39 is 11.4 Å². The van der Waals surface area contributed by atoms with Crippen LogP contribution in [-0.2, 0) is 15.1 Å². The number of rotatable bonds is 8. The van der Waals surface area contributed by atoms with Gasteiger partial charge in [-0.1, -0.05) is 35.3 Å². The average molecular weight is 571 g/mol. The standard InChI is InChI=1S/C27H24Cl2N4O6/c1-36-20-11-22(38-3)18(9-14(20)28)32-26(35)27(25-30-16-7-5-6-8-17(16)31-25)13-24(34)33(27)19-10-15(29)21(37-2)12-23(19)39-4/h5-12H,13H2,1-4H3,(H,30,31)(H,32,35). The number of β-lactam (4-membered cyclic amide) rings is 1. The number of aromatic amines is 1. The first-order valence-electron chi connectivity index (χ1n) is 11.7. The first kappa shape index (κ1) is 26.5. The fourth-order valence-electron chi connectivity index (χ4n) is 4.67. The molecule has 1 aliphatic heterocycles. The molecule has 1 saturated heterocycles. The van der Waals surface area contributed by atoms with Gasteiger partial charge < -0.3 is 29.2 Å². The van der Waals surface area contributed by atoms with Gasteiger partial charge in [0, 0.05) is 12.1 Å². The number of fused-ring (bicyclic) bond motifs is 1. The van der Waals surface area contributed by atoms with Crippen LogP contribution >= 0.6 is 23.2 Å². The van der Waals surface area contributed by atoms with Crippen LogP contribution in [-0.4, -0.2) is 50.2 Å². The Labute approximate surface area is 233 Å². The number of aromatic nitrogens is 2. The number of H-pyrrole nitrogens is 1. The van der Waals surface area contributed by atoms with Gasteiger partial charge in [0.25, 0.3) is 5.91 Å². The molecule has 39 heavy (non-hydrogen) atoms. The normalized spacial score (nSPS) is 16.6. The lowest BCUT2D eigenvalue weighted by molar-refractivity contribution is -0.137. The molecule has 4 aromatic rings. The first-order valence-corrected chi connectivity index (χ1v) is 12.5. The maximum atomic E-state index is 14.3. The number of ether oxygens (including phenoxy) is 4. The highest BCUT2D eigenvalue weighted by Crippen LogP contribution is 2.50. The van der Waals surface area contributed by atoms with E-state index in [4.69, 9.17) is 47.1 Å². The Bertz CT molecular complexity index is 1570. The van der Waals surface area contributed by atoms with Crippen LogP contribution in [0.15, 0.2) is 48.5 Å². The molecule has 10 nitrogen and oxygen atoms in total.